The van der Waals surface area contributed by atoms with Crippen LogP contribution in [-0.2, 0) is 36.2 Å². The number of anilines is 2. The number of carbonyl (C=O) groups is 1. The number of hydrogen-bond acceptors (Lipinski definition) is 4. The van der Waals surface area contributed by atoms with Gasteiger partial charge in [0, 0.05) is 47.4 Å². The van der Waals surface area contributed by atoms with E-state index in [2.05, 4.69) is 45.3 Å². The summed E-state index contributed by atoms with van der Waals surface area (Å²) in [7, 11) is 0. The first kappa shape index (κ1) is 18.2. The average Bonchev–Trinajstić information content (AvgIpc) is 3.30. The molecule has 2 aliphatic rings. The highest BCUT2D eigenvalue weighted by atomic mass is 32.2. The highest BCUT2D eigenvalue weighted by Gasteiger charge is 2.27. The maximum absolute atomic E-state index is 12.4. The first-order valence-corrected chi connectivity index (χ1v) is 11.3. The topological polar surface area (TPSA) is 71.8 Å². The first-order valence-electron chi connectivity index (χ1n) is 10.0. The van der Waals surface area contributed by atoms with Gasteiger partial charge in [-0.3, -0.25) is 4.79 Å². The van der Waals surface area contributed by atoms with E-state index in [0.29, 0.717) is 12.5 Å². The van der Waals surface area contributed by atoms with E-state index in [0.717, 1.165) is 58.4 Å². The summed E-state index contributed by atoms with van der Waals surface area (Å²) in [6.07, 6.45) is 2.63. The van der Waals surface area contributed by atoms with Crippen LogP contribution in [-0.4, -0.2) is 27.0 Å². The molecule has 0 radical (unpaired) electrons. The van der Waals surface area contributed by atoms with Gasteiger partial charge in [0.05, 0.1) is 5.69 Å². The minimum absolute atomic E-state index is 0.000430. The van der Waals surface area contributed by atoms with Gasteiger partial charge in [-0.1, -0.05) is 13.0 Å². The van der Waals surface area contributed by atoms with E-state index in [1.165, 1.54) is 22.9 Å². The molecule has 0 atom stereocenters. The molecule has 148 valence electrons. The van der Waals surface area contributed by atoms with Gasteiger partial charge in [0.1, 0.15) is 17.2 Å². The molecule has 2 aromatic heterocycles. The normalized spacial score (nSPS) is 15.0. The second kappa shape index (κ2) is 7.22. The summed E-state index contributed by atoms with van der Waals surface area (Å²) in [6, 6.07) is 8.43. The molecule has 29 heavy (non-hydrogen) atoms. The Labute approximate surface area is 174 Å². The maximum atomic E-state index is 12.4. The minimum atomic E-state index is -0.000430. The number of benzene rings is 1. The predicted molar refractivity (Wildman–Crippen MR) is 118 cm³/mol. The summed E-state index contributed by atoms with van der Waals surface area (Å²) in [6.45, 7) is 5.61. The van der Waals surface area contributed by atoms with E-state index >= 15 is 0 Å². The Balaban J connectivity index is 1.53. The molecule has 0 unspecified atom stereocenters. The molecule has 0 bridgehead atoms. The third kappa shape index (κ3) is 3.09. The monoisotopic (exact) mass is 406 g/mol. The number of fused-ring (bicyclic) bond motifs is 2. The van der Waals surface area contributed by atoms with Crippen LogP contribution >= 0.6 is 0 Å². The van der Waals surface area contributed by atoms with E-state index in [9.17, 15) is 4.79 Å². The van der Waals surface area contributed by atoms with Crippen molar-refractivity contribution in [3.63, 3.8) is 0 Å². The van der Waals surface area contributed by atoms with Crippen LogP contribution < -0.4 is 10.6 Å². The smallest absolute Gasteiger partial charge is 0.268 e. The van der Waals surface area contributed by atoms with Crippen molar-refractivity contribution in [2.24, 2.45) is 0 Å². The Kier molecular flexibility index (Phi) is 4.54. The summed E-state index contributed by atoms with van der Waals surface area (Å²) in [5, 5.41) is 6.31. The molecular formula is C22H24N5OS+. The van der Waals surface area contributed by atoms with E-state index in [-0.39, 0.29) is 5.91 Å². The van der Waals surface area contributed by atoms with Crippen molar-refractivity contribution in [2.45, 2.75) is 38.3 Å². The molecule has 0 fully saturated rings. The zero-order valence-electron chi connectivity index (χ0n) is 16.6. The van der Waals surface area contributed by atoms with Gasteiger partial charge in [-0.2, -0.15) is 0 Å². The number of nitrogens with zero attached hydrogens (tertiary/aromatic N) is 3. The van der Waals surface area contributed by atoms with Gasteiger partial charge in [0.25, 0.3) is 5.91 Å². The number of nitrogens with one attached hydrogen (secondary N) is 2. The van der Waals surface area contributed by atoms with Crippen molar-refractivity contribution in [1.29, 1.82) is 0 Å². The van der Waals surface area contributed by atoms with Crippen LogP contribution in [0, 0.1) is 6.92 Å². The number of carbonyl (C=O) groups excluding carboxylic acids is 1. The second-order valence-corrected chi connectivity index (χ2v) is 8.55. The van der Waals surface area contributed by atoms with Gasteiger partial charge in [-0.15, -0.1) is 0 Å². The number of hydrogen-bond donors (Lipinski definition) is 2. The highest BCUT2D eigenvalue weighted by Crippen LogP contribution is 2.33. The van der Waals surface area contributed by atoms with Crippen LogP contribution in [0.1, 0.15) is 39.8 Å². The van der Waals surface area contributed by atoms with Crippen LogP contribution in [0.5, 0.6) is 0 Å². The number of thiol groups is 1. The molecule has 2 N–H and O–H groups in total. The zero-order chi connectivity index (χ0) is 20.0. The van der Waals surface area contributed by atoms with Crippen molar-refractivity contribution >= 4 is 29.3 Å². The molecular weight excluding hydrogens is 382 g/mol. The summed E-state index contributed by atoms with van der Waals surface area (Å²) in [4.78, 5) is 21.7. The Morgan fingerprint density at radius 2 is 2.10 bits per heavy atom. The molecule has 0 aliphatic carbocycles. The van der Waals surface area contributed by atoms with Gasteiger partial charge >= 0.3 is 0 Å². The van der Waals surface area contributed by atoms with Crippen LogP contribution in [0.15, 0.2) is 30.5 Å². The number of rotatable bonds is 4. The van der Waals surface area contributed by atoms with Gasteiger partial charge < -0.3 is 15.2 Å². The fraction of sp³-hybridized carbons (Fsp3) is 0.318. The molecule has 0 saturated carbocycles. The van der Waals surface area contributed by atoms with Crippen LogP contribution in [0.25, 0.3) is 11.3 Å². The molecule has 0 saturated heterocycles. The fourth-order valence-electron chi connectivity index (χ4n) is 4.41. The molecule has 4 heterocycles. The summed E-state index contributed by atoms with van der Waals surface area (Å²) in [5.74, 6) is 2.84. The van der Waals surface area contributed by atoms with Crippen molar-refractivity contribution in [3.05, 3.63) is 58.5 Å². The van der Waals surface area contributed by atoms with Crippen molar-refractivity contribution in [2.75, 3.05) is 11.9 Å². The van der Waals surface area contributed by atoms with E-state index in [1.807, 2.05) is 13.0 Å². The van der Waals surface area contributed by atoms with Gasteiger partial charge in [0.15, 0.2) is 0 Å². The highest BCUT2D eigenvalue weighted by molar-refractivity contribution is 7.77. The molecule has 1 amide bonds. The summed E-state index contributed by atoms with van der Waals surface area (Å²) < 4.78 is 2.15. The lowest BCUT2D eigenvalue weighted by atomic mass is 10.0. The molecule has 7 heteroatoms. The maximum Gasteiger partial charge on any atom is 0.268 e. The van der Waals surface area contributed by atoms with Gasteiger partial charge in [0.2, 0.25) is 5.95 Å². The average molecular weight is 407 g/mol. The lowest BCUT2D eigenvalue weighted by Crippen LogP contribution is -2.36. The number of aromatic nitrogens is 3. The fourth-order valence-corrected chi connectivity index (χ4v) is 5.61. The summed E-state index contributed by atoms with van der Waals surface area (Å²) in [5.41, 5.74) is 8.67. The lowest BCUT2D eigenvalue weighted by Gasteiger charge is -2.18. The van der Waals surface area contributed by atoms with E-state index in [4.69, 9.17) is 4.98 Å². The van der Waals surface area contributed by atoms with Crippen molar-refractivity contribution in [3.8, 4) is 11.3 Å². The molecule has 5 rings (SSSR count). The van der Waals surface area contributed by atoms with Crippen LogP contribution in [0.2, 0.25) is 0 Å². The Morgan fingerprint density at radius 3 is 2.97 bits per heavy atom. The standard InChI is InChI=1S/C22H23N5OS/c1-3-18-19(13(2)20-21(28)23-8-9-27(18)20)17-6-7-24-22(26-17)25-16-5-4-14-11-29-12-15(14)10-16/h4-7,10H,3,8-9,11-12H2,1-2H3,(H,23,28)(H,24,25,26)/p+1. The third-order valence-electron chi connectivity index (χ3n) is 5.72. The van der Waals surface area contributed by atoms with E-state index < -0.39 is 0 Å². The molecule has 6 nitrogen and oxygen atoms in total. The number of amides is 1. The lowest BCUT2D eigenvalue weighted by molar-refractivity contribution is 0.0926. The zero-order valence-corrected chi connectivity index (χ0v) is 17.5. The largest absolute Gasteiger partial charge is 0.349 e. The van der Waals surface area contributed by atoms with E-state index in [1.54, 1.807) is 6.20 Å². The molecule has 2 aliphatic heterocycles. The Bertz CT molecular complexity index is 1120. The van der Waals surface area contributed by atoms with Crippen molar-refractivity contribution < 1.29 is 4.79 Å². The molecule has 0 spiro atoms. The predicted octanol–water partition coefficient (Wildman–Crippen LogP) is 3.13. The third-order valence-corrected chi connectivity index (χ3v) is 6.85. The quantitative estimate of drug-likeness (QED) is 0.516. The van der Waals surface area contributed by atoms with Crippen LogP contribution in [0.3, 0.4) is 0 Å². The van der Waals surface area contributed by atoms with Crippen molar-refractivity contribution in [1.82, 2.24) is 19.9 Å². The second-order valence-electron chi connectivity index (χ2n) is 7.47. The SMILES string of the molecule is CCc1c(-c2ccnc(Nc3ccc4c(c3)C[SH+]C4)n2)c(C)c2n1CCNC2=O. The first-order chi connectivity index (χ1) is 14.2. The van der Waals surface area contributed by atoms with Gasteiger partial charge in [-0.25, -0.2) is 9.97 Å². The Morgan fingerprint density at radius 1 is 1.24 bits per heavy atom. The Hall–Kier alpha value is -2.80. The van der Waals surface area contributed by atoms with Gasteiger partial charge in [-0.05, 0) is 48.9 Å². The molecule has 1 aromatic carbocycles. The summed E-state index contributed by atoms with van der Waals surface area (Å²) >= 11 is 1.47. The molecule has 3 aromatic rings. The van der Waals surface area contributed by atoms with Crippen LogP contribution in [0.4, 0.5) is 11.6 Å². The minimum Gasteiger partial charge on any atom is -0.349 e.